The van der Waals surface area contributed by atoms with Gasteiger partial charge in [0.25, 0.3) is 0 Å². The van der Waals surface area contributed by atoms with Crippen LogP contribution < -0.4 is 10.1 Å². The smallest absolute Gasteiger partial charge is 0.155 e. The van der Waals surface area contributed by atoms with Crippen molar-refractivity contribution in [3.05, 3.63) is 24.3 Å². The first kappa shape index (κ1) is 11.0. The maximum absolute atomic E-state index is 11.6. The minimum absolute atomic E-state index is 0.00199. The number of ketones is 1. The molecule has 1 N–H and O–H groups in total. The molecule has 86 valence electrons. The molecule has 0 spiro atoms. The van der Waals surface area contributed by atoms with E-state index in [9.17, 15) is 4.79 Å². The van der Waals surface area contributed by atoms with E-state index in [0.717, 1.165) is 30.7 Å². The number of hydrogen-bond acceptors (Lipinski definition) is 3. The third kappa shape index (κ3) is 2.54. The molecule has 16 heavy (non-hydrogen) atoms. The van der Waals surface area contributed by atoms with Crippen LogP contribution in [0.3, 0.4) is 0 Å². The van der Waals surface area contributed by atoms with Crippen LogP contribution in [0.2, 0.25) is 0 Å². The molecule has 0 aromatic heterocycles. The topological polar surface area (TPSA) is 38.3 Å². The Morgan fingerprint density at radius 2 is 2.00 bits per heavy atom. The minimum atomic E-state index is 0.00199. The van der Waals surface area contributed by atoms with Crippen molar-refractivity contribution in [1.82, 2.24) is 0 Å². The van der Waals surface area contributed by atoms with Gasteiger partial charge in [-0.2, -0.15) is 0 Å². The predicted molar refractivity (Wildman–Crippen MR) is 63.9 cm³/mol. The molecule has 0 saturated heterocycles. The number of rotatable bonds is 3. The normalized spacial score (nSPS) is 20.6. The summed E-state index contributed by atoms with van der Waals surface area (Å²) in [6.45, 7) is 0. The van der Waals surface area contributed by atoms with Crippen LogP contribution in [0.15, 0.2) is 24.3 Å². The fraction of sp³-hybridized carbons (Fsp3) is 0.462. The van der Waals surface area contributed by atoms with Crippen molar-refractivity contribution < 1.29 is 9.53 Å². The summed E-state index contributed by atoms with van der Waals surface area (Å²) in [5.74, 6) is 1.17. The lowest BCUT2D eigenvalue weighted by molar-refractivity contribution is -0.121. The largest absolute Gasteiger partial charge is 0.497 e. The SMILES string of the molecule is COc1ccc(NC2CCCCC2=O)cc1. The molecular weight excluding hydrogens is 202 g/mol. The number of Topliss-reactive ketones (excluding diaryl/α,β-unsaturated/α-hetero) is 1. The Balaban J connectivity index is 1.99. The fourth-order valence-corrected chi connectivity index (χ4v) is 2.02. The molecule has 1 unspecified atom stereocenters. The van der Waals surface area contributed by atoms with Crippen LogP contribution in [0.25, 0.3) is 0 Å². The standard InChI is InChI=1S/C13H17NO2/c1-16-11-8-6-10(7-9-11)14-12-4-2-3-5-13(12)15/h6-9,12,14H,2-5H2,1H3. The first-order chi connectivity index (χ1) is 7.79. The van der Waals surface area contributed by atoms with Crippen molar-refractivity contribution in [2.75, 3.05) is 12.4 Å². The molecular formula is C13H17NO2. The molecule has 1 fully saturated rings. The van der Waals surface area contributed by atoms with Crippen molar-refractivity contribution in [3.63, 3.8) is 0 Å². The molecule has 1 aliphatic rings. The molecule has 1 atom stereocenters. The van der Waals surface area contributed by atoms with Crippen LogP contribution in [0.4, 0.5) is 5.69 Å². The third-order valence-electron chi connectivity index (χ3n) is 2.99. The third-order valence-corrected chi connectivity index (χ3v) is 2.99. The van der Waals surface area contributed by atoms with E-state index in [2.05, 4.69) is 5.32 Å². The molecule has 0 radical (unpaired) electrons. The highest BCUT2D eigenvalue weighted by atomic mass is 16.5. The zero-order chi connectivity index (χ0) is 11.4. The lowest BCUT2D eigenvalue weighted by atomic mass is 9.94. The van der Waals surface area contributed by atoms with Gasteiger partial charge in [0.15, 0.2) is 5.78 Å². The minimum Gasteiger partial charge on any atom is -0.497 e. The predicted octanol–water partition coefficient (Wildman–Crippen LogP) is 2.62. The summed E-state index contributed by atoms with van der Waals surface area (Å²) in [5, 5.41) is 3.28. The zero-order valence-electron chi connectivity index (χ0n) is 9.53. The number of anilines is 1. The Labute approximate surface area is 95.8 Å². The summed E-state index contributed by atoms with van der Waals surface area (Å²) >= 11 is 0. The molecule has 0 amide bonds. The Hall–Kier alpha value is -1.51. The summed E-state index contributed by atoms with van der Waals surface area (Å²) < 4.78 is 5.09. The van der Waals surface area contributed by atoms with Crippen LogP contribution in [0, 0.1) is 0 Å². The Morgan fingerprint density at radius 1 is 1.25 bits per heavy atom. The van der Waals surface area contributed by atoms with E-state index < -0.39 is 0 Å². The second kappa shape index (κ2) is 5.01. The van der Waals surface area contributed by atoms with Gasteiger partial charge < -0.3 is 10.1 Å². The molecule has 1 aromatic rings. The number of hydrogen-bond donors (Lipinski definition) is 1. The summed E-state index contributed by atoms with van der Waals surface area (Å²) in [6, 6.07) is 7.69. The Bertz CT molecular complexity index is 359. The highest BCUT2D eigenvalue weighted by Crippen LogP contribution is 2.21. The van der Waals surface area contributed by atoms with E-state index in [0.29, 0.717) is 12.2 Å². The molecule has 3 nitrogen and oxygen atoms in total. The molecule has 0 bridgehead atoms. The first-order valence-electron chi connectivity index (χ1n) is 5.73. The molecule has 0 heterocycles. The van der Waals surface area contributed by atoms with Crippen molar-refractivity contribution in [2.45, 2.75) is 31.7 Å². The molecule has 3 heteroatoms. The van der Waals surface area contributed by atoms with Gasteiger partial charge >= 0.3 is 0 Å². The monoisotopic (exact) mass is 219 g/mol. The van der Waals surface area contributed by atoms with Gasteiger partial charge in [0.05, 0.1) is 13.2 Å². The molecule has 0 aliphatic heterocycles. The zero-order valence-corrected chi connectivity index (χ0v) is 9.53. The summed E-state index contributed by atoms with van der Waals surface area (Å²) in [5.41, 5.74) is 0.987. The van der Waals surface area contributed by atoms with Crippen molar-refractivity contribution in [1.29, 1.82) is 0 Å². The van der Waals surface area contributed by atoms with Crippen LogP contribution in [-0.2, 0) is 4.79 Å². The van der Waals surface area contributed by atoms with E-state index in [-0.39, 0.29) is 6.04 Å². The van der Waals surface area contributed by atoms with Crippen molar-refractivity contribution in [2.24, 2.45) is 0 Å². The number of carbonyl (C=O) groups excluding carboxylic acids is 1. The number of methoxy groups -OCH3 is 1. The average Bonchev–Trinajstić information content (AvgIpc) is 2.33. The first-order valence-corrected chi connectivity index (χ1v) is 5.73. The second-order valence-corrected chi connectivity index (χ2v) is 4.14. The number of ether oxygens (including phenoxy) is 1. The fourth-order valence-electron chi connectivity index (χ4n) is 2.02. The highest BCUT2D eigenvalue weighted by molar-refractivity contribution is 5.87. The molecule has 1 aromatic carbocycles. The van der Waals surface area contributed by atoms with Crippen LogP contribution in [0.1, 0.15) is 25.7 Å². The Morgan fingerprint density at radius 3 is 2.62 bits per heavy atom. The van der Waals surface area contributed by atoms with Crippen LogP contribution in [0.5, 0.6) is 5.75 Å². The van der Waals surface area contributed by atoms with Gasteiger partial charge in [-0.15, -0.1) is 0 Å². The van der Waals surface area contributed by atoms with E-state index in [1.54, 1.807) is 7.11 Å². The average molecular weight is 219 g/mol. The van der Waals surface area contributed by atoms with Gasteiger partial charge in [0, 0.05) is 12.1 Å². The highest BCUT2D eigenvalue weighted by Gasteiger charge is 2.21. The summed E-state index contributed by atoms with van der Waals surface area (Å²) in [7, 11) is 1.65. The summed E-state index contributed by atoms with van der Waals surface area (Å²) in [4.78, 5) is 11.6. The van der Waals surface area contributed by atoms with Crippen LogP contribution >= 0.6 is 0 Å². The van der Waals surface area contributed by atoms with Gasteiger partial charge in [0.2, 0.25) is 0 Å². The summed E-state index contributed by atoms with van der Waals surface area (Å²) in [6.07, 6.45) is 3.85. The number of nitrogens with one attached hydrogen (secondary N) is 1. The van der Waals surface area contributed by atoms with Gasteiger partial charge in [-0.05, 0) is 37.1 Å². The van der Waals surface area contributed by atoms with Gasteiger partial charge in [0.1, 0.15) is 5.75 Å². The van der Waals surface area contributed by atoms with E-state index in [4.69, 9.17) is 4.74 Å². The molecule has 2 rings (SSSR count). The van der Waals surface area contributed by atoms with Crippen molar-refractivity contribution in [3.8, 4) is 5.75 Å². The number of carbonyl (C=O) groups is 1. The van der Waals surface area contributed by atoms with E-state index in [1.165, 1.54) is 0 Å². The maximum Gasteiger partial charge on any atom is 0.155 e. The lowest BCUT2D eigenvalue weighted by Crippen LogP contribution is -2.32. The van der Waals surface area contributed by atoms with Gasteiger partial charge in [-0.3, -0.25) is 4.79 Å². The second-order valence-electron chi connectivity index (χ2n) is 4.14. The Kier molecular flexibility index (Phi) is 3.44. The van der Waals surface area contributed by atoms with Crippen LogP contribution in [-0.4, -0.2) is 18.9 Å². The quantitative estimate of drug-likeness (QED) is 0.849. The molecule has 1 saturated carbocycles. The van der Waals surface area contributed by atoms with E-state index in [1.807, 2.05) is 24.3 Å². The lowest BCUT2D eigenvalue weighted by Gasteiger charge is -2.22. The van der Waals surface area contributed by atoms with E-state index >= 15 is 0 Å². The van der Waals surface area contributed by atoms with Crippen molar-refractivity contribution >= 4 is 11.5 Å². The maximum atomic E-state index is 11.6. The number of benzene rings is 1. The molecule has 1 aliphatic carbocycles. The van der Waals surface area contributed by atoms with Gasteiger partial charge in [-0.25, -0.2) is 0 Å². The van der Waals surface area contributed by atoms with Gasteiger partial charge in [-0.1, -0.05) is 6.42 Å².